The second-order valence-electron chi connectivity index (χ2n) is 2.31. The molecule has 4 heteroatoms. The van der Waals surface area contributed by atoms with Gasteiger partial charge in [-0.1, -0.05) is 84.3 Å². The Morgan fingerprint density at radius 3 is 0.312 bits per heavy atom. The lowest BCUT2D eigenvalue weighted by atomic mass is 9.88. The average Bonchev–Trinajstić information content (AvgIpc) is 1.92. The van der Waals surface area contributed by atoms with Gasteiger partial charge in [0.05, 0.1) is 0 Å². The quantitative estimate of drug-likeness (QED) is 0.466. The molecule has 0 aromatic heterocycles. The van der Waals surface area contributed by atoms with E-state index in [4.69, 9.17) is 0 Å². The fourth-order valence-electron chi connectivity index (χ4n) is 0. The molecule has 0 aliphatic carbocycles. The first kappa shape index (κ1) is 55.5. The Kier molecular flexibility index (Phi) is 593. The number of hydrogen-bond donors (Lipinski definition) is 0. The van der Waals surface area contributed by atoms with Crippen molar-refractivity contribution >= 4 is 29.1 Å². The Balaban J connectivity index is -0.00000000821. The molecule has 0 N–H and O–H groups in total. The Morgan fingerprint density at radius 2 is 0.312 bits per heavy atom. The smallest absolute Gasteiger partial charge is 0.0922 e. The Hall–Kier alpha value is 0.260. The first-order chi connectivity index (χ1) is 5.66. The summed E-state index contributed by atoms with van der Waals surface area (Å²) in [5.41, 5.74) is 0. The van der Waals surface area contributed by atoms with Crippen LogP contribution in [0, 0.1) is 0 Å². The highest BCUT2D eigenvalue weighted by Crippen LogP contribution is 1.37. The molecule has 0 atom stereocenters. The summed E-state index contributed by atoms with van der Waals surface area (Å²) < 4.78 is 0. The molecule has 0 aliphatic rings. The van der Waals surface area contributed by atoms with E-state index in [0.29, 0.717) is 0 Å². The lowest BCUT2D eigenvalue weighted by molar-refractivity contribution is 2.14. The van der Waals surface area contributed by atoms with Gasteiger partial charge in [0.2, 0.25) is 0 Å². The van der Waals surface area contributed by atoms with Crippen LogP contribution in [-0.2, 0) is 0 Å². The van der Waals surface area contributed by atoms with Gasteiger partial charge in [0, 0.05) is 0 Å². The second-order valence-corrected chi connectivity index (χ2v) is 2.31. The van der Waals surface area contributed by atoms with Gasteiger partial charge in [0.15, 0.2) is 0 Å². The Morgan fingerprint density at radius 1 is 0.312 bits per heavy atom. The van der Waals surface area contributed by atoms with Crippen LogP contribution in [0.1, 0.15) is 29.7 Å². The van der Waals surface area contributed by atoms with Crippen molar-refractivity contribution in [1.82, 2.24) is 0 Å². The first-order valence-electron chi connectivity index (χ1n) is 4.62. The largest absolute Gasteiger partial charge is 0.102 e. The van der Waals surface area contributed by atoms with Crippen molar-refractivity contribution in [2.45, 2.75) is 84.3 Å². The molecule has 100 valence electrons. The topological polar surface area (TPSA) is 0 Å². The lowest BCUT2D eigenvalue weighted by Crippen LogP contribution is -1.53. The van der Waals surface area contributed by atoms with E-state index in [1.165, 1.54) is 0 Å². The van der Waals surface area contributed by atoms with Crippen molar-refractivity contribution in [3.63, 3.8) is 0 Å². The molecule has 0 saturated heterocycles. The van der Waals surface area contributed by atoms with Crippen LogP contribution in [-0.4, -0.2) is 29.1 Å². The van der Waals surface area contributed by atoms with Crippen LogP contribution in [0.5, 0.6) is 0 Å². The zero-order valence-corrected chi connectivity index (χ0v) is 10.3. The molecule has 0 nitrogen and oxygen atoms in total. The highest BCUT2D eigenvalue weighted by molar-refractivity contribution is 6.31. The van der Waals surface area contributed by atoms with Crippen molar-refractivity contribution in [1.29, 1.82) is 0 Å². The molecule has 16 heavy (non-hydrogen) atoms. The van der Waals surface area contributed by atoms with E-state index >= 15 is 0 Å². The van der Waals surface area contributed by atoms with Gasteiger partial charge in [-0.2, -0.15) is 0 Å². The van der Waals surface area contributed by atoms with Crippen molar-refractivity contribution < 1.29 is 0 Å². The Labute approximate surface area is 114 Å². The molecule has 0 saturated carbocycles. The molecule has 0 aliphatic heterocycles. The minimum absolute atomic E-state index is 0. The normalized spacial score (nSPS) is 3.50. The zero-order chi connectivity index (χ0) is 10.8. The van der Waals surface area contributed by atoms with Crippen LogP contribution in [0.3, 0.4) is 0 Å². The van der Waals surface area contributed by atoms with Crippen molar-refractivity contribution in [3.8, 4) is 0 Å². The van der Waals surface area contributed by atoms with Gasteiger partial charge < -0.3 is 0 Å². The van der Waals surface area contributed by atoms with E-state index in [-0.39, 0.29) is 29.7 Å². The third-order valence-corrected chi connectivity index (χ3v) is 0. The van der Waals surface area contributed by atoms with E-state index in [1.807, 2.05) is 83.7 Å². The number of rotatable bonds is 0. The average molecular weight is 228 g/mol. The van der Waals surface area contributed by atoms with Crippen molar-refractivity contribution in [2.75, 3.05) is 0 Å². The molecule has 0 rings (SSSR count). The molecule has 0 unspecified atom stereocenters. The van der Waals surface area contributed by atoms with Crippen LogP contribution in [0.25, 0.3) is 0 Å². The van der Waals surface area contributed by atoms with Gasteiger partial charge in [0.25, 0.3) is 0 Å². The highest BCUT2D eigenvalue weighted by atomic mass is 13.0. The van der Waals surface area contributed by atoms with Gasteiger partial charge in [-0.05, 0) is 0 Å². The first-order valence-corrected chi connectivity index (χ1v) is 4.62. The molecular formula is C12H40B4. The lowest BCUT2D eigenvalue weighted by Gasteiger charge is -1.41. The SMILES string of the molecule is C.C.C.C.C[B]C.C[B]C.C[B]C.C[B]C. The molecule has 0 aromatic carbocycles. The van der Waals surface area contributed by atoms with E-state index in [9.17, 15) is 0 Å². The van der Waals surface area contributed by atoms with Crippen molar-refractivity contribution in [3.05, 3.63) is 0 Å². The second kappa shape index (κ2) is 171. The zero-order valence-electron chi connectivity index (χ0n) is 10.3. The minimum Gasteiger partial charge on any atom is -0.0922 e. The van der Waals surface area contributed by atoms with E-state index < -0.39 is 0 Å². The molecular weight excluding hydrogens is 187 g/mol. The van der Waals surface area contributed by atoms with E-state index in [0.717, 1.165) is 0 Å². The summed E-state index contributed by atoms with van der Waals surface area (Å²) in [6.45, 7) is 16.0. The van der Waals surface area contributed by atoms with Gasteiger partial charge in [-0.3, -0.25) is 0 Å². The molecule has 0 aromatic rings. The Bertz CT molecular complexity index is 21.0. The van der Waals surface area contributed by atoms with E-state index in [2.05, 4.69) is 0 Å². The van der Waals surface area contributed by atoms with Crippen molar-refractivity contribution in [2.24, 2.45) is 0 Å². The van der Waals surface area contributed by atoms with Crippen LogP contribution < -0.4 is 0 Å². The summed E-state index contributed by atoms with van der Waals surface area (Å²) in [4.78, 5) is 0. The maximum absolute atomic E-state index is 2.00. The van der Waals surface area contributed by atoms with Crippen LogP contribution in [0.4, 0.5) is 0 Å². The third-order valence-electron chi connectivity index (χ3n) is 0. The van der Waals surface area contributed by atoms with Gasteiger partial charge in [0.1, 0.15) is 29.1 Å². The number of hydrogen-bond acceptors (Lipinski definition) is 0. The summed E-state index contributed by atoms with van der Waals surface area (Å²) in [5.74, 6) is 0. The standard InChI is InChI=1S/4C2H6B.4CH4/c4*1-3-2;;;;/h4*1-2H3;4*1H4. The highest BCUT2D eigenvalue weighted by Gasteiger charge is 1.43. The van der Waals surface area contributed by atoms with Gasteiger partial charge in [-0.25, -0.2) is 0 Å². The third kappa shape index (κ3) is 37200. The molecule has 0 fully saturated rings. The van der Waals surface area contributed by atoms with Crippen LogP contribution >= 0.6 is 0 Å². The maximum atomic E-state index is 2.00. The predicted octanol–water partition coefficient (Wildman–Crippen LogP) is 5.69. The molecule has 0 bridgehead atoms. The summed E-state index contributed by atoms with van der Waals surface area (Å²) in [7, 11) is 8.00. The molecule has 0 spiro atoms. The maximum Gasteiger partial charge on any atom is 0.102 e. The summed E-state index contributed by atoms with van der Waals surface area (Å²) in [5, 5.41) is 0. The minimum atomic E-state index is 0. The molecule has 0 amide bonds. The summed E-state index contributed by atoms with van der Waals surface area (Å²) in [6.07, 6.45) is 0. The fraction of sp³-hybridized carbons (Fsp3) is 1.00. The summed E-state index contributed by atoms with van der Waals surface area (Å²) in [6, 6.07) is 0. The summed E-state index contributed by atoms with van der Waals surface area (Å²) >= 11 is 0. The van der Waals surface area contributed by atoms with Gasteiger partial charge in [-0.15, -0.1) is 0 Å². The monoisotopic (exact) mass is 228 g/mol. The molecule has 0 heterocycles. The molecule has 4 radical (unpaired) electrons. The van der Waals surface area contributed by atoms with Crippen LogP contribution in [0.2, 0.25) is 54.6 Å². The fourth-order valence-corrected chi connectivity index (χ4v) is 0. The predicted molar refractivity (Wildman–Crippen MR) is 96.9 cm³/mol. The van der Waals surface area contributed by atoms with Crippen LogP contribution in [0.15, 0.2) is 0 Å². The van der Waals surface area contributed by atoms with E-state index in [1.54, 1.807) is 0 Å². The van der Waals surface area contributed by atoms with Gasteiger partial charge >= 0.3 is 0 Å².